The van der Waals surface area contributed by atoms with E-state index >= 15 is 0 Å². The van der Waals surface area contributed by atoms with E-state index in [-0.39, 0.29) is 11.4 Å². The molecule has 0 aromatic rings. The molecule has 19 heavy (non-hydrogen) atoms. The summed E-state index contributed by atoms with van der Waals surface area (Å²) in [4.78, 5) is 0. The first kappa shape index (κ1) is 15.3. The summed E-state index contributed by atoms with van der Waals surface area (Å²) in [7, 11) is -2.91. The smallest absolute Gasteiger partial charge is 0.150 e. The third-order valence-corrected chi connectivity index (χ3v) is 6.49. The van der Waals surface area contributed by atoms with E-state index < -0.39 is 9.84 Å². The lowest BCUT2D eigenvalue weighted by atomic mass is 9.95. The lowest BCUT2D eigenvalue weighted by molar-refractivity contribution is 0.00234. The van der Waals surface area contributed by atoms with Gasteiger partial charge in [-0.2, -0.15) is 0 Å². The van der Waals surface area contributed by atoms with Crippen LogP contribution in [0.15, 0.2) is 0 Å². The minimum atomic E-state index is -2.91. The van der Waals surface area contributed by atoms with Crippen molar-refractivity contribution in [2.75, 3.05) is 19.4 Å². The first-order valence-corrected chi connectivity index (χ1v) is 9.46. The Labute approximate surface area is 117 Å². The van der Waals surface area contributed by atoms with Gasteiger partial charge in [0.05, 0.1) is 18.0 Å². The van der Waals surface area contributed by atoms with Gasteiger partial charge in [0.15, 0.2) is 0 Å². The van der Waals surface area contributed by atoms with E-state index in [2.05, 4.69) is 0 Å². The third-order valence-electron chi connectivity index (χ3n) is 4.85. The zero-order chi connectivity index (χ0) is 13.9. The van der Waals surface area contributed by atoms with Gasteiger partial charge in [0.2, 0.25) is 0 Å². The van der Waals surface area contributed by atoms with Gasteiger partial charge >= 0.3 is 0 Å². The van der Waals surface area contributed by atoms with Gasteiger partial charge in [0, 0.05) is 6.26 Å². The molecule has 0 amide bonds. The highest BCUT2D eigenvalue weighted by Crippen LogP contribution is 2.33. The van der Waals surface area contributed by atoms with E-state index in [1.165, 1.54) is 25.5 Å². The van der Waals surface area contributed by atoms with E-state index in [1.807, 2.05) is 0 Å². The molecule has 5 heteroatoms. The summed E-state index contributed by atoms with van der Waals surface area (Å²) in [6, 6.07) is 0. The molecule has 2 aliphatic rings. The van der Waals surface area contributed by atoms with Crippen molar-refractivity contribution in [2.24, 2.45) is 17.6 Å². The fraction of sp³-hybridized carbons (Fsp3) is 1.00. The van der Waals surface area contributed by atoms with Gasteiger partial charge in [0.1, 0.15) is 9.84 Å². The molecule has 2 saturated carbocycles. The maximum Gasteiger partial charge on any atom is 0.150 e. The van der Waals surface area contributed by atoms with Gasteiger partial charge in [-0.1, -0.05) is 6.42 Å². The van der Waals surface area contributed by atoms with Crippen LogP contribution in [0.2, 0.25) is 0 Å². The first-order chi connectivity index (χ1) is 9.00. The molecule has 112 valence electrons. The summed E-state index contributed by atoms with van der Waals surface area (Å²) in [6.45, 7) is 1.52. The number of nitrogens with two attached hydrogens (primary N) is 1. The van der Waals surface area contributed by atoms with Crippen molar-refractivity contribution in [3.63, 3.8) is 0 Å². The quantitative estimate of drug-likeness (QED) is 0.837. The molecule has 0 heterocycles. The van der Waals surface area contributed by atoms with Crippen molar-refractivity contribution in [2.45, 2.75) is 56.3 Å². The molecule has 0 saturated heterocycles. The molecule has 2 rings (SSSR count). The van der Waals surface area contributed by atoms with Crippen molar-refractivity contribution in [1.29, 1.82) is 0 Å². The molecule has 4 nitrogen and oxygen atoms in total. The molecule has 2 aliphatic carbocycles. The van der Waals surface area contributed by atoms with E-state index in [9.17, 15) is 8.42 Å². The van der Waals surface area contributed by atoms with E-state index in [4.69, 9.17) is 10.5 Å². The number of ether oxygens (including phenoxy) is 1. The summed E-state index contributed by atoms with van der Waals surface area (Å²) < 4.78 is 29.2. The normalized spacial score (nSPS) is 36.5. The summed E-state index contributed by atoms with van der Waals surface area (Å²) >= 11 is 0. The van der Waals surface area contributed by atoms with Crippen LogP contribution >= 0.6 is 0 Å². The maximum atomic E-state index is 11.6. The highest BCUT2D eigenvalue weighted by molar-refractivity contribution is 7.91. The Morgan fingerprint density at radius 2 is 1.79 bits per heavy atom. The molecular formula is C14H27NO3S. The van der Waals surface area contributed by atoms with Gasteiger partial charge in [-0.25, -0.2) is 8.42 Å². The van der Waals surface area contributed by atoms with Crippen molar-refractivity contribution < 1.29 is 13.2 Å². The third kappa shape index (κ3) is 4.17. The highest BCUT2D eigenvalue weighted by atomic mass is 32.2. The summed E-state index contributed by atoms with van der Waals surface area (Å²) in [5, 5.41) is -0.194. The maximum absolute atomic E-state index is 11.6. The molecule has 4 unspecified atom stereocenters. The molecule has 2 fully saturated rings. The van der Waals surface area contributed by atoms with Crippen molar-refractivity contribution >= 4 is 9.84 Å². The molecule has 0 spiro atoms. The molecular weight excluding hydrogens is 262 g/mol. The molecule has 0 aromatic heterocycles. The SMILES string of the molecule is CS(=O)(=O)C1CCCC(OCC2CCCC2CN)C1. The molecule has 2 N–H and O–H groups in total. The summed E-state index contributed by atoms with van der Waals surface area (Å²) in [5.41, 5.74) is 5.78. The lowest BCUT2D eigenvalue weighted by Gasteiger charge is -2.29. The van der Waals surface area contributed by atoms with Gasteiger partial charge in [0.25, 0.3) is 0 Å². The van der Waals surface area contributed by atoms with Crippen molar-refractivity contribution in [3.05, 3.63) is 0 Å². The van der Waals surface area contributed by atoms with Crippen molar-refractivity contribution in [1.82, 2.24) is 0 Å². The molecule has 0 radical (unpaired) electrons. The van der Waals surface area contributed by atoms with Crippen LogP contribution in [0, 0.1) is 11.8 Å². The van der Waals surface area contributed by atoms with Crippen LogP contribution < -0.4 is 5.73 Å². The molecule has 4 atom stereocenters. The van der Waals surface area contributed by atoms with Crippen LogP contribution in [0.5, 0.6) is 0 Å². The fourth-order valence-corrected chi connectivity index (χ4v) is 4.70. The van der Waals surface area contributed by atoms with E-state index in [0.29, 0.717) is 18.3 Å². The van der Waals surface area contributed by atoms with Crippen molar-refractivity contribution in [3.8, 4) is 0 Å². The van der Waals surface area contributed by atoms with Crippen LogP contribution in [0.4, 0.5) is 0 Å². The average Bonchev–Trinajstić information content (AvgIpc) is 2.83. The van der Waals surface area contributed by atoms with Crippen LogP contribution in [0.25, 0.3) is 0 Å². The molecule has 0 aliphatic heterocycles. The zero-order valence-electron chi connectivity index (χ0n) is 11.9. The van der Waals surface area contributed by atoms with Crippen LogP contribution in [-0.2, 0) is 14.6 Å². The minimum Gasteiger partial charge on any atom is -0.378 e. The largest absolute Gasteiger partial charge is 0.378 e. The summed E-state index contributed by atoms with van der Waals surface area (Å²) in [6.07, 6.45) is 8.62. The minimum absolute atomic E-state index is 0.132. The predicted octanol–water partition coefficient (Wildman–Crippen LogP) is 1.73. The topological polar surface area (TPSA) is 69.4 Å². The van der Waals surface area contributed by atoms with Gasteiger partial charge in [-0.05, 0) is 56.9 Å². The molecule has 0 aromatic carbocycles. The second kappa shape index (κ2) is 6.55. The Balaban J connectivity index is 1.80. The Bertz CT molecular complexity index is 382. The number of sulfone groups is 1. The highest BCUT2D eigenvalue weighted by Gasteiger charge is 2.31. The standard InChI is InChI=1S/C14H27NO3S/c1-19(16,17)14-7-3-6-13(8-14)18-10-12-5-2-4-11(12)9-15/h11-14H,2-10,15H2,1H3. The first-order valence-electron chi connectivity index (χ1n) is 7.51. The monoisotopic (exact) mass is 289 g/mol. The Morgan fingerprint density at radius 1 is 1.11 bits per heavy atom. The summed E-state index contributed by atoms with van der Waals surface area (Å²) in [5.74, 6) is 1.19. The number of hydrogen-bond acceptors (Lipinski definition) is 4. The van der Waals surface area contributed by atoms with Gasteiger partial charge in [-0.3, -0.25) is 0 Å². The Kier molecular flexibility index (Phi) is 5.26. The fourth-order valence-electron chi connectivity index (χ4n) is 3.55. The van der Waals surface area contributed by atoms with E-state index in [1.54, 1.807) is 0 Å². The Morgan fingerprint density at radius 3 is 2.47 bits per heavy atom. The van der Waals surface area contributed by atoms with Crippen LogP contribution in [-0.4, -0.2) is 39.2 Å². The van der Waals surface area contributed by atoms with Crippen LogP contribution in [0.3, 0.4) is 0 Å². The average molecular weight is 289 g/mol. The number of rotatable bonds is 5. The zero-order valence-corrected chi connectivity index (χ0v) is 12.7. The van der Waals surface area contributed by atoms with E-state index in [0.717, 1.165) is 32.4 Å². The lowest BCUT2D eigenvalue weighted by Crippen LogP contribution is -2.33. The van der Waals surface area contributed by atoms with Crippen LogP contribution in [0.1, 0.15) is 44.9 Å². The molecule has 0 bridgehead atoms. The van der Waals surface area contributed by atoms with Gasteiger partial charge in [-0.15, -0.1) is 0 Å². The predicted molar refractivity (Wildman–Crippen MR) is 76.7 cm³/mol. The Hall–Kier alpha value is -0.130. The number of hydrogen-bond donors (Lipinski definition) is 1. The second-order valence-corrected chi connectivity index (χ2v) is 8.59. The second-order valence-electron chi connectivity index (χ2n) is 6.26. The van der Waals surface area contributed by atoms with Gasteiger partial charge < -0.3 is 10.5 Å².